The van der Waals surface area contributed by atoms with E-state index in [1.807, 2.05) is 0 Å². The molecular weight excluding hydrogens is 329 g/mol. The SMILES string of the molecule is O=C(O)c1nn(-c2ccccc2F)c(=O)n(Cc2ccccc2)c1=O. The van der Waals surface area contributed by atoms with Crippen LogP contribution in [0.3, 0.4) is 0 Å². The number of hydrogen-bond donors (Lipinski definition) is 1. The van der Waals surface area contributed by atoms with Crippen LogP contribution in [0.2, 0.25) is 0 Å². The number of hydrogen-bond acceptors (Lipinski definition) is 4. The van der Waals surface area contributed by atoms with Crippen LogP contribution in [0.5, 0.6) is 0 Å². The third-order valence-corrected chi connectivity index (χ3v) is 3.53. The molecule has 0 amide bonds. The van der Waals surface area contributed by atoms with Crippen LogP contribution in [0.15, 0.2) is 64.2 Å². The van der Waals surface area contributed by atoms with Gasteiger partial charge in [-0.15, -0.1) is 0 Å². The molecule has 0 saturated carbocycles. The number of aromatic carboxylic acids is 1. The van der Waals surface area contributed by atoms with Gasteiger partial charge < -0.3 is 5.11 Å². The summed E-state index contributed by atoms with van der Waals surface area (Å²) < 4.78 is 15.3. The van der Waals surface area contributed by atoms with Crippen molar-refractivity contribution in [2.45, 2.75) is 6.54 Å². The summed E-state index contributed by atoms with van der Waals surface area (Å²) in [7, 11) is 0. The highest BCUT2D eigenvalue weighted by Crippen LogP contribution is 2.09. The third kappa shape index (κ3) is 3.09. The lowest BCUT2D eigenvalue weighted by molar-refractivity contribution is 0.0684. The molecule has 3 aromatic rings. The number of carbonyl (C=O) groups is 1. The van der Waals surface area contributed by atoms with Crippen molar-refractivity contribution >= 4 is 5.97 Å². The summed E-state index contributed by atoms with van der Waals surface area (Å²) in [5.74, 6) is -2.37. The first-order valence-corrected chi connectivity index (χ1v) is 7.25. The first-order chi connectivity index (χ1) is 12.0. The van der Waals surface area contributed by atoms with Crippen LogP contribution in [0.1, 0.15) is 16.1 Å². The van der Waals surface area contributed by atoms with E-state index in [0.717, 1.165) is 10.6 Å². The Labute approximate surface area is 140 Å². The molecule has 3 rings (SSSR count). The molecule has 0 saturated heterocycles. The van der Waals surface area contributed by atoms with Gasteiger partial charge in [0.2, 0.25) is 5.69 Å². The number of carboxylic acid groups (broad SMARTS) is 1. The van der Waals surface area contributed by atoms with Crippen LogP contribution in [0.4, 0.5) is 4.39 Å². The smallest absolute Gasteiger partial charge is 0.362 e. The largest absolute Gasteiger partial charge is 0.476 e. The van der Waals surface area contributed by atoms with Gasteiger partial charge in [-0.05, 0) is 17.7 Å². The fraction of sp³-hybridized carbons (Fsp3) is 0.0588. The van der Waals surface area contributed by atoms with Gasteiger partial charge >= 0.3 is 11.7 Å². The number of benzene rings is 2. The monoisotopic (exact) mass is 341 g/mol. The van der Waals surface area contributed by atoms with Gasteiger partial charge in [0.15, 0.2) is 0 Å². The molecule has 1 aromatic heterocycles. The van der Waals surface area contributed by atoms with E-state index in [2.05, 4.69) is 5.10 Å². The molecule has 0 radical (unpaired) electrons. The van der Waals surface area contributed by atoms with Gasteiger partial charge in [0, 0.05) is 0 Å². The van der Waals surface area contributed by atoms with Crippen molar-refractivity contribution in [3.8, 4) is 5.69 Å². The van der Waals surface area contributed by atoms with Gasteiger partial charge in [0.25, 0.3) is 5.56 Å². The Kier molecular flexibility index (Phi) is 4.25. The van der Waals surface area contributed by atoms with Gasteiger partial charge in [0.05, 0.1) is 6.54 Å². The Bertz CT molecular complexity index is 1060. The fourth-order valence-corrected chi connectivity index (χ4v) is 2.33. The van der Waals surface area contributed by atoms with Crippen molar-refractivity contribution < 1.29 is 14.3 Å². The predicted molar refractivity (Wildman–Crippen MR) is 86.6 cm³/mol. The number of para-hydroxylation sites is 1. The lowest BCUT2D eigenvalue weighted by atomic mass is 10.2. The molecule has 1 N–H and O–H groups in total. The minimum atomic E-state index is -1.60. The number of aromatic nitrogens is 3. The first kappa shape index (κ1) is 16.3. The van der Waals surface area contributed by atoms with Crippen LogP contribution < -0.4 is 11.2 Å². The number of rotatable bonds is 4. The van der Waals surface area contributed by atoms with Crippen LogP contribution in [0, 0.1) is 5.82 Å². The van der Waals surface area contributed by atoms with E-state index in [1.54, 1.807) is 30.3 Å². The fourth-order valence-electron chi connectivity index (χ4n) is 2.33. The molecule has 0 spiro atoms. The molecule has 25 heavy (non-hydrogen) atoms. The minimum Gasteiger partial charge on any atom is -0.476 e. The van der Waals surface area contributed by atoms with Gasteiger partial charge in [0.1, 0.15) is 11.5 Å². The number of halogens is 1. The highest BCUT2D eigenvalue weighted by Gasteiger charge is 2.20. The predicted octanol–water partition coefficient (Wildman–Crippen LogP) is 1.28. The zero-order chi connectivity index (χ0) is 18.0. The second-order valence-electron chi connectivity index (χ2n) is 5.18. The molecule has 0 bridgehead atoms. The zero-order valence-corrected chi connectivity index (χ0v) is 12.8. The maximum Gasteiger partial charge on any atom is 0.362 e. The Balaban J connectivity index is 2.28. The molecule has 0 aliphatic heterocycles. The van der Waals surface area contributed by atoms with Crippen molar-refractivity contribution in [1.82, 2.24) is 14.3 Å². The van der Waals surface area contributed by atoms with Gasteiger partial charge in [-0.25, -0.2) is 14.0 Å². The Morgan fingerprint density at radius 2 is 1.68 bits per heavy atom. The van der Waals surface area contributed by atoms with Crippen LogP contribution in [0.25, 0.3) is 5.69 Å². The average Bonchev–Trinajstić information content (AvgIpc) is 2.60. The summed E-state index contributed by atoms with van der Waals surface area (Å²) in [5.41, 5.74) is -2.46. The summed E-state index contributed by atoms with van der Waals surface area (Å²) in [6, 6.07) is 13.8. The van der Waals surface area contributed by atoms with E-state index < -0.39 is 28.7 Å². The van der Waals surface area contributed by atoms with Crippen molar-refractivity contribution in [3.05, 3.63) is 92.5 Å². The molecule has 8 heteroatoms. The standard InChI is InChI=1S/C17H12FN3O4/c18-12-8-4-5-9-13(12)21-17(25)20(10-11-6-2-1-3-7-11)15(22)14(19-21)16(23)24/h1-9H,10H2,(H,23,24). The Morgan fingerprint density at radius 3 is 2.32 bits per heavy atom. The van der Waals surface area contributed by atoms with Crippen LogP contribution in [-0.4, -0.2) is 25.4 Å². The van der Waals surface area contributed by atoms with Crippen LogP contribution in [-0.2, 0) is 6.54 Å². The molecule has 0 aliphatic rings. The number of carboxylic acids is 1. The summed E-state index contributed by atoms with van der Waals surface area (Å²) in [6.07, 6.45) is 0. The summed E-state index contributed by atoms with van der Waals surface area (Å²) in [4.78, 5) is 36.3. The molecule has 0 unspecified atom stereocenters. The normalized spacial score (nSPS) is 10.6. The lowest BCUT2D eigenvalue weighted by Gasteiger charge is -2.11. The topological polar surface area (TPSA) is 94.2 Å². The van der Waals surface area contributed by atoms with E-state index >= 15 is 0 Å². The van der Waals surface area contributed by atoms with Crippen molar-refractivity contribution in [2.75, 3.05) is 0 Å². The number of nitrogens with zero attached hydrogens (tertiary/aromatic N) is 3. The van der Waals surface area contributed by atoms with Crippen LogP contribution >= 0.6 is 0 Å². The average molecular weight is 341 g/mol. The van der Waals surface area contributed by atoms with Gasteiger partial charge in [-0.3, -0.25) is 9.36 Å². The third-order valence-electron chi connectivity index (χ3n) is 3.53. The zero-order valence-electron chi connectivity index (χ0n) is 12.8. The summed E-state index contributed by atoms with van der Waals surface area (Å²) in [5, 5.41) is 12.7. The Hall–Kier alpha value is -3.55. The van der Waals surface area contributed by atoms with E-state index in [9.17, 15) is 23.9 Å². The highest BCUT2D eigenvalue weighted by atomic mass is 19.1. The quantitative estimate of drug-likeness (QED) is 0.771. The second kappa shape index (κ2) is 6.52. The molecule has 0 atom stereocenters. The lowest BCUT2D eigenvalue weighted by Crippen LogP contribution is -2.44. The summed E-state index contributed by atoms with van der Waals surface area (Å²) in [6.45, 7) is -0.157. The molecule has 2 aromatic carbocycles. The van der Waals surface area contributed by atoms with E-state index in [1.165, 1.54) is 18.2 Å². The van der Waals surface area contributed by atoms with E-state index in [0.29, 0.717) is 10.2 Å². The minimum absolute atomic E-state index is 0.157. The molecular formula is C17H12FN3O4. The molecule has 0 aliphatic carbocycles. The van der Waals surface area contributed by atoms with E-state index in [-0.39, 0.29) is 12.2 Å². The van der Waals surface area contributed by atoms with Crippen molar-refractivity contribution in [2.24, 2.45) is 0 Å². The molecule has 1 heterocycles. The maximum atomic E-state index is 14.0. The van der Waals surface area contributed by atoms with E-state index in [4.69, 9.17) is 0 Å². The molecule has 7 nitrogen and oxygen atoms in total. The highest BCUT2D eigenvalue weighted by molar-refractivity contribution is 5.84. The second-order valence-corrected chi connectivity index (χ2v) is 5.18. The first-order valence-electron chi connectivity index (χ1n) is 7.25. The molecule has 126 valence electrons. The molecule has 0 fully saturated rings. The van der Waals surface area contributed by atoms with Crippen molar-refractivity contribution in [1.29, 1.82) is 0 Å². The maximum absolute atomic E-state index is 14.0. The van der Waals surface area contributed by atoms with Gasteiger partial charge in [-0.2, -0.15) is 9.78 Å². The summed E-state index contributed by atoms with van der Waals surface area (Å²) >= 11 is 0. The Morgan fingerprint density at radius 1 is 1.04 bits per heavy atom. The van der Waals surface area contributed by atoms with Gasteiger partial charge in [-0.1, -0.05) is 42.5 Å². The van der Waals surface area contributed by atoms with Crippen molar-refractivity contribution in [3.63, 3.8) is 0 Å².